The molecule has 1 aromatic heterocycles. The minimum absolute atomic E-state index is 0.325. The number of ether oxygens (including phenoxy) is 2. The molecule has 0 amide bonds. The average Bonchev–Trinajstić information content (AvgIpc) is 3.00. The molecule has 1 atom stereocenters. The lowest BCUT2D eigenvalue weighted by Gasteiger charge is -2.22. The van der Waals surface area contributed by atoms with Gasteiger partial charge in [0.25, 0.3) is 0 Å². The van der Waals surface area contributed by atoms with Crippen molar-refractivity contribution in [2.24, 2.45) is 5.92 Å². The summed E-state index contributed by atoms with van der Waals surface area (Å²) in [6, 6.07) is 8.30. The van der Waals surface area contributed by atoms with Crippen molar-refractivity contribution < 1.29 is 9.47 Å². The smallest absolute Gasteiger partial charge is 0.145 e. The zero-order chi connectivity index (χ0) is 16.4. The van der Waals surface area contributed by atoms with Gasteiger partial charge in [-0.2, -0.15) is 0 Å². The number of nitrogens with zero attached hydrogens (tertiary/aromatic N) is 2. The highest BCUT2D eigenvalue weighted by molar-refractivity contribution is 5.95. The number of aromatic nitrogens is 1. The largest absolute Gasteiger partial charge is 0.494 e. The molecule has 0 N–H and O–H groups in total. The standard InChI is InChI=1S/C19H26N2O2/c1-13(2)12-23-15-8-9-21(11-15)17-10-14(3)20-19-16(17)6-5-7-18(19)22-4/h5-7,10,13,15H,8-9,11-12H2,1-4H3. The molecular formula is C19H26N2O2. The van der Waals surface area contributed by atoms with E-state index in [0.717, 1.165) is 48.5 Å². The molecule has 0 bridgehead atoms. The first-order chi connectivity index (χ1) is 11.1. The van der Waals surface area contributed by atoms with Gasteiger partial charge in [0.05, 0.1) is 13.2 Å². The summed E-state index contributed by atoms with van der Waals surface area (Å²) < 4.78 is 11.5. The highest BCUT2D eigenvalue weighted by atomic mass is 16.5. The van der Waals surface area contributed by atoms with Gasteiger partial charge < -0.3 is 14.4 Å². The predicted molar refractivity (Wildman–Crippen MR) is 94.4 cm³/mol. The molecule has 2 aromatic rings. The molecule has 3 rings (SSSR count). The van der Waals surface area contributed by atoms with E-state index in [0.29, 0.717) is 12.0 Å². The molecule has 1 unspecified atom stereocenters. The number of aryl methyl sites for hydroxylation is 1. The molecule has 1 aliphatic heterocycles. The van der Waals surface area contributed by atoms with E-state index in [4.69, 9.17) is 9.47 Å². The molecule has 1 fully saturated rings. The van der Waals surface area contributed by atoms with E-state index in [1.165, 1.54) is 5.69 Å². The summed E-state index contributed by atoms with van der Waals surface area (Å²) in [5.41, 5.74) is 3.20. The summed E-state index contributed by atoms with van der Waals surface area (Å²) in [4.78, 5) is 7.09. The third-order valence-electron chi connectivity index (χ3n) is 4.28. The summed E-state index contributed by atoms with van der Waals surface area (Å²) in [6.45, 7) is 9.24. The maximum atomic E-state index is 6.02. The third-order valence-corrected chi connectivity index (χ3v) is 4.28. The van der Waals surface area contributed by atoms with Crippen molar-refractivity contribution in [3.05, 3.63) is 30.0 Å². The van der Waals surface area contributed by atoms with Gasteiger partial charge in [-0.25, -0.2) is 4.98 Å². The van der Waals surface area contributed by atoms with Crippen LogP contribution < -0.4 is 9.64 Å². The number of benzene rings is 1. The van der Waals surface area contributed by atoms with Gasteiger partial charge in [-0.3, -0.25) is 0 Å². The van der Waals surface area contributed by atoms with Crippen LogP contribution in [0.2, 0.25) is 0 Å². The van der Waals surface area contributed by atoms with E-state index in [1.54, 1.807) is 7.11 Å². The number of methoxy groups -OCH3 is 1. The number of hydrogen-bond acceptors (Lipinski definition) is 4. The fourth-order valence-corrected chi connectivity index (χ4v) is 3.17. The maximum Gasteiger partial charge on any atom is 0.145 e. The summed E-state index contributed by atoms with van der Waals surface area (Å²) >= 11 is 0. The fourth-order valence-electron chi connectivity index (χ4n) is 3.17. The predicted octanol–water partition coefficient (Wildman–Crippen LogP) is 3.80. The second-order valence-electron chi connectivity index (χ2n) is 6.72. The number of rotatable bonds is 5. The minimum atomic E-state index is 0.325. The summed E-state index contributed by atoms with van der Waals surface area (Å²) in [7, 11) is 1.70. The molecule has 0 aliphatic carbocycles. The quantitative estimate of drug-likeness (QED) is 0.840. The highest BCUT2D eigenvalue weighted by Crippen LogP contribution is 2.34. The van der Waals surface area contributed by atoms with Gasteiger partial charge in [0.2, 0.25) is 0 Å². The second-order valence-corrected chi connectivity index (χ2v) is 6.72. The lowest BCUT2D eigenvalue weighted by molar-refractivity contribution is 0.0497. The summed E-state index contributed by atoms with van der Waals surface area (Å²) in [5, 5.41) is 1.15. The van der Waals surface area contributed by atoms with Crippen LogP contribution in [0.4, 0.5) is 5.69 Å². The molecule has 1 aliphatic rings. The Bertz CT molecular complexity index is 684. The fraction of sp³-hybridized carbons (Fsp3) is 0.526. The van der Waals surface area contributed by atoms with Gasteiger partial charge in [-0.15, -0.1) is 0 Å². The first-order valence-corrected chi connectivity index (χ1v) is 8.39. The van der Waals surface area contributed by atoms with Gasteiger partial charge in [0.15, 0.2) is 0 Å². The lowest BCUT2D eigenvalue weighted by atomic mass is 10.1. The van der Waals surface area contributed by atoms with E-state index < -0.39 is 0 Å². The van der Waals surface area contributed by atoms with Crippen LogP contribution in [-0.4, -0.2) is 37.9 Å². The molecule has 0 radical (unpaired) electrons. The van der Waals surface area contributed by atoms with Gasteiger partial charge in [0, 0.05) is 36.5 Å². The Morgan fingerprint density at radius 3 is 2.91 bits per heavy atom. The first-order valence-electron chi connectivity index (χ1n) is 8.39. The monoisotopic (exact) mass is 314 g/mol. The van der Waals surface area contributed by atoms with Gasteiger partial charge in [0.1, 0.15) is 11.3 Å². The van der Waals surface area contributed by atoms with Crippen LogP contribution in [0, 0.1) is 12.8 Å². The Morgan fingerprint density at radius 1 is 1.35 bits per heavy atom. The van der Waals surface area contributed by atoms with E-state index in [-0.39, 0.29) is 0 Å². The van der Waals surface area contributed by atoms with Crippen molar-refractivity contribution in [1.29, 1.82) is 0 Å². The van der Waals surface area contributed by atoms with Gasteiger partial charge >= 0.3 is 0 Å². The zero-order valence-electron chi connectivity index (χ0n) is 14.5. The van der Waals surface area contributed by atoms with E-state index in [9.17, 15) is 0 Å². The van der Waals surface area contributed by atoms with Crippen molar-refractivity contribution in [3.8, 4) is 5.75 Å². The van der Waals surface area contributed by atoms with Gasteiger partial charge in [-0.05, 0) is 31.4 Å². The third kappa shape index (κ3) is 3.42. The van der Waals surface area contributed by atoms with Crippen molar-refractivity contribution >= 4 is 16.6 Å². The molecule has 1 saturated heterocycles. The Balaban J connectivity index is 1.88. The zero-order valence-corrected chi connectivity index (χ0v) is 14.5. The van der Waals surface area contributed by atoms with Crippen LogP contribution in [0.25, 0.3) is 10.9 Å². The number of hydrogen-bond donors (Lipinski definition) is 0. The molecule has 0 saturated carbocycles. The molecular weight excluding hydrogens is 288 g/mol. The molecule has 4 nitrogen and oxygen atoms in total. The number of pyridine rings is 1. The first kappa shape index (κ1) is 16.1. The molecule has 0 spiro atoms. The van der Waals surface area contributed by atoms with Gasteiger partial charge in [-0.1, -0.05) is 26.0 Å². The molecule has 4 heteroatoms. The molecule has 23 heavy (non-hydrogen) atoms. The molecule has 2 heterocycles. The van der Waals surface area contributed by atoms with Crippen LogP contribution in [0.3, 0.4) is 0 Å². The van der Waals surface area contributed by atoms with Crippen molar-refractivity contribution in [3.63, 3.8) is 0 Å². The molecule has 1 aromatic carbocycles. The normalized spacial score (nSPS) is 18.1. The highest BCUT2D eigenvalue weighted by Gasteiger charge is 2.25. The summed E-state index contributed by atoms with van der Waals surface area (Å²) in [5.74, 6) is 1.41. The van der Waals surface area contributed by atoms with Crippen LogP contribution in [0.15, 0.2) is 24.3 Å². The van der Waals surface area contributed by atoms with Crippen molar-refractivity contribution in [1.82, 2.24) is 4.98 Å². The Morgan fingerprint density at radius 2 is 2.17 bits per heavy atom. The van der Waals surface area contributed by atoms with Crippen LogP contribution in [0.1, 0.15) is 26.0 Å². The number of fused-ring (bicyclic) bond motifs is 1. The maximum absolute atomic E-state index is 6.02. The number of anilines is 1. The Kier molecular flexibility index (Phi) is 4.71. The Hall–Kier alpha value is -1.81. The van der Waals surface area contributed by atoms with E-state index in [1.807, 2.05) is 19.1 Å². The van der Waals surface area contributed by atoms with E-state index >= 15 is 0 Å². The number of para-hydroxylation sites is 1. The minimum Gasteiger partial charge on any atom is -0.494 e. The summed E-state index contributed by atoms with van der Waals surface area (Å²) in [6.07, 6.45) is 1.41. The molecule has 124 valence electrons. The topological polar surface area (TPSA) is 34.6 Å². The van der Waals surface area contributed by atoms with Crippen molar-refractivity contribution in [2.45, 2.75) is 33.3 Å². The average molecular weight is 314 g/mol. The Labute approximate surface area is 138 Å². The lowest BCUT2D eigenvalue weighted by Crippen LogP contribution is -2.24. The van der Waals surface area contributed by atoms with Crippen LogP contribution in [-0.2, 0) is 4.74 Å². The van der Waals surface area contributed by atoms with Crippen molar-refractivity contribution in [2.75, 3.05) is 31.7 Å². The van der Waals surface area contributed by atoms with Crippen LogP contribution >= 0.6 is 0 Å². The van der Waals surface area contributed by atoms with Crippen LogP contribution in [0.5, 0.6) is 5.75 Å². The second kappa shape index (κ2) is 6.75. The SMILES string of the molecule is COc1cccc2c(N3CCC(OCC(C)C)C3)cc(C)nc12. The van der Waals surface area contributed by atoms with E-state index in [2.05, 4.69) is 35.9 Å².